The molecule has 2 nitrogen and oxygen atoms in total. The second-order valence-electron chi connectivity index (χ2n) is 2.30. The number of hydrogen-bond donors (Lipinski definition) is 0. The van der Waals surface area contributed by atoms with Crippen LogP contribution < -0.4 is 0 Å². The molecule has 2 fully saturated rings. The first-order valence-electron chi connectivity index (χ1n) is 3.02. The Morgan fingerprint density at radius 2 is 2.12 bits per heavy atom. The predicted molar refractivity (Wildman–Crippen MR) is 28.4 cm³/mol. The van der Waals surface area contributed by atoms with Crippen LogP contribution in [0, 0.1) is 6.42 Å². The zero-order chi connectivity index (χ0) is 5.40. The normalized spacial score (nSPS) is 42.0. The van der Waals surface area contributed by atoms with Crippen LogP contribution in [-0.4, -0.2) is 25.4 Å². The summed E-state index contributed by atoms with van der Waals surface area (Å²) in [4.78, 5) is 0. The van der Waals surface area contributed by atoms with Crippen molar-refractivity contribution >= 4 is 0 Å². The maximum absolute atomic E-state index is 5.00. The summed E-state index contributed by atoms with van der Waals surface area (Å²) in [6, 6.07) is 0. The summed E-state index contributed by atoms with van der Waals surface area (Å²) in [5.41, 5.74) is 0. The van der Waals surface area contributed by atoms with Crippen molar-refractivity contribution in [2.75, 3.05) is 13.2 Å². The van der Waals surface area contributed by atoms with Gasteiger partial charge in [0.15, 0.2) is 0 Å². The van der Waals surface area contributed by atoms with Gasteiger partial charge in [-0.1, -0.05) is 0 Å². The minimum atomic E-state index is 0.471. The summed E-state index contributed by atoms with van der Waals surface area (Å²) < 4.78 is 9.98. The van der Waals surface area contributed by atoms with Crippen LogP contribution in [0.5, 0.6) is 0 Å². The molecule has 2 atom stereocenters. The Labute approximate surface area is 48.8 Å². The Kier molecular flexibility index (Phi) is 1.02. The topological polar surface area (TPSA) is 25.1 Å². The van der Waals surface area contributed by atoms with Gasteiger partial charge in [0.25, 0.3) is 0 Å². The summed E-state index contributed by atoms with van der Waals surface area (Å²) >= 11 is 0. The van der Waals surface area contributed by atoms with Crippen molar-refractivity contribution in [3.05, 3.63) is 6.42 Å². The molecule has 2 unspecified atom stereocenters. The van der Waals surface area contributed by atoms with Gasteiger partial charge in [-0.15, -0.1) is 0 Å². The smallest absolute Gasteiger partial charge is 0.0842 e. The zero-order valence-electron chi connectivity index (χ0n) is 4.67. The van der Waals surface area contributed by atoms with Gasteiger partial charge in [-0.2, -0.15) is 0 Å². The summed E-state index contributed by atoms with van der Waals surface area (Å²) in [6.07, 6.45) is 4.29. The van der Waals surface area contributed by atoms with Gasteiger partial charge in [0.2, 0.25) is 0 Å². The Morgan fingerprint density at radius 1 is 1.38 bits per heavy atom. The number of epoxide rings is 2. The van der Waals surface area contributed by atoms with Crippen LogP contribution in [0.25, 0.3) is 0 Å². The van der Waals surface area contributed by atoms with E-state index in [2.05, 4.69) is 6.42 Å². The highest BCUT2D eigenvalue weighted by Crippen LogP contribution is 2.21. The Bertz CT molecular complexity index is 72.5. The molecule has 2 heteroatoms. The second-order valence-corrected chi connectivity index (χ2v) is 2.30. The molecule has 0 bridgehead atoms. The lowest BCUT2D eigenvalue weighted by molar-refractivity contribution is 0.388. The molecule has 0 aromatic carbocycles. The van der Waals surface area contributed by atoms with Crippen LogP contribution in [0.15, 0.2) is 0 Å². The number of ether oxygens (including phenoxy) is 2. The van der Waals surface area contributed by atoms with Crippen LogP contribution in [0.3, 0.4) is 0 Å². The van der Waals surface area contributed by atoms with Crippen molar-refractivity contribution in [3.8, 4) is 0 Å². The third-order valence-corrected chi connectivity index (χ3v) is 1.42. The number of rotatable bonds is 3. The first kappa shape index (κ1) is 4.77. The quantitative estimate of drug-likeness (QED) is 0.494. The molecule has 2 rings (SSSR count). The average molecular weight is 113 g/mol. The highest BCUT2D eigenvalue weighted by Gasteiger charge is 2.28. The Balaban J connectivity index is 1.56. The molecule has 8 heavy (non-hydrogen) atoms. The van der Waals surface area contributed by atoms with Gasteiger partial charge in [0, 0.05) is 0 Å². The average Bonchev–Trinajstić information content (AvgIpc) is 2.60. The molecule has 0 saturated carbocycles. The second kappa shape index (κ2) is 1.71. The molecule has 0 aliphatic carbocycles. The van der Waals surface area contributed by atoms with Gasteiger partial charge < -0.3 is 9.47 Å². The van der Waals surface area contributed by atoms with Crippen molar-refractivity contribution in [1.82, 2.24) is 0 Å². The van der Waals surface area contributed by atoms with Gasteiger partial charge in [0.1, 0.15) is 0 Å². The van der Waals surface area contributed by atoms with E-state index < -0.39 is 0 Å². The molecule has 45 valence electrons. The predicted octanol–water partition coefficient (Wildman–Crippen LogP) is 0.378. The first-order chi connectivity index (χ1) is 3.95. The van der Waals surface area contributed by atoms with Crippen molar-refractivity contribution < 1.29 is 9.47 Å². The summed E-state index contributed by atoms with van der Waals surface area (Å²) in [5, 5.41) is 0. The molecule has 2 saturated heterocycles. The summed E-state index contributed by atoms with van der Waals surface area (Å²) in [6.45, 7) is 1.90. The van der Waals surface area contributed by atoms with E-state index in [9.17, 15) is 0 Å². The van der Waals surface area contributed by atoms with Gasteiger partial charge in [-0.05, 0) is 12.8 Å². The maximum atomic E-state index is 5.00. The lowest BCUT2D eigenvalue weighted by Crippen LogP contribution is -1.91. The SMILES string of the molecule is [CH](CC1CO1)C1CO1. The molecular weight excluding hydrogens is 104 g/mol. The Morgan fingerprint density at radius 3 is 2.62 bits per heavy atom. The summed E-state index contributed by atoms with van der Waals surface area (Å²) in [5.74, 6) is 0. The Hall–Kier alpha value is -0.0800. The minimum Gasteiger partial charge on any atom is -0.373 e. The van der Waals surface area contributed by atoms with Gasteiger partial charge in [-0.25, -0.2) is 0 Å². The van der Waals surface area contributed by atoms with Crippen LogP contribution in [-0.2, 0) is 9.47 Å². The highest BCUT2D eigenvalue weighted by molar-refractivity contribution is 4.90. The van der Waals surface area contributed by atoms with E-state index in [1.807, 2.05) is 0 Å². The van der Waals surface area contributed by atoms with Crippen molar-refractivity contribution in [1.29, 1.82) is 0 Å². The van der Waals surface area contributed by atoms with E-state index in [-0.39, 0.29) is 0 Å². The van der Waals surface area contributed by atoms with Crippen LogP contribution in [0.4, 0.5) is 0 Å². The van der Waals surface area contributed by atoms with Crippen LogP contribution in [0.2, 0.25) is 0 Å². The van der Waals surface area contributed by atoms with E-state index >= 15 is 0 Å². The van der Waals surface area contributed by atoms with Crippen LogP contribution in [0.1, 0.15) is 6.42 Å². The van der Waals surface area contributed by atoms with E-state index in [0.717, 1.165) is 19.6 Å². The third-order valence-electron chi connectivity index (χ3n) is 1.42. The largest absolute Gasteiger partial charge is 0.373 e. The molecule has 0 amide bonds. The van der Waals surface area contributed by atoms with E-state index in [1.165, 1.54) is 0 Å². The number of hydrogen-bond acceptors (Lipinski definition) is 2. The fraction of sp³-hybridized carbons (Fsp3) is 0.833. The first-order valence-corrected chi connectivity index (χ1v) is 3.02. The lowest BCUT2D eigenvalue weighted by atomic mass is 10.2. The van der Waals surface area contributed by atoms with Crippen LogP contribution >= 0.6 is 0 Å². The molecular formula is C6H9O2. The van der Waals surface area contributed by atoms with Gasteiger partial charge >= 0.3 is 0 Å². The van der Waals surface area contributed by atoms with E-state index in [1.54, 1.807) is 0 Å². The van der Waals surface area contributed by atoms with Crippen molar-refractivity contribution in [2.45, 2.75) is 18.6 Å². The molecule has 2 aliphatic rings. The van der Waals surface area contributed by atoms with Gasteiger partial charge in [0.05, 0.1) is 25.4 Å². The van der Waals surface area contributed by atoms with Crippen molar-refractivity contribution in [2.24, 2.45) is 0 Å². The fourth-order valence-corrected chi connectivity index (χ4v) is 0.699. The molecule has 0 aromatic heterocycles. The van der Waals surface area contributed by atoms with Crippen molar-refractivity contribution in [3.63, 3.8) is 0 Å². The van der Waals surface area contributed by atoms with E-state index in [4.69, 9.17) is 9.47 Å². The van der Waals surface area contributed by atoms with Gasteiger partial charge in [-0.3, -0.25) is 0 Å². The maximum Gasteiger partial charge on any atom is 0.0842 e. The third kappa shape index (κ3) is 1.20. The minimum absolute atomic E-state index is 0.471. The highest BCUT2D eigenvalue weighted by atomic mass is 16.6. The lowest BCUT2D eigenvalue weighted by Gasteiger charge is -1.86. The standard InChI is InChI=1S/C6H9O2/c1(5-3-7-5)2-6-4-8-6/h1,5-6H,2-4H2. The molecule has 2 aliphatic heterocycles. The molecule has 1 radical (unpaired) electrons. The zero-order valence-corrected chi connectivity index (χ0v) is 4.67. The summed E-state index contributed by atoms with van der Waals surface area (Å²) in [7, 11) is 0. The molecule has 0 N–H and O–H groups in total. The molecule has 0 spiro atoms. The van der Waals surface area contributed by atoms with E-state index in [0.29, 0.717) is 12.2 Å². The molecule has 2 heterocycles. The monoisotopic (exact) mass is 113 g/mol. The molecule has 0 aromatic rings. The fourth-order valence-electron chi connectivity index (χ4n) is 0.699.